The maximum absolute atomic E-state index is 4.11. The first-order valence-electron chi connectivity index (χ1n) is 8.14. The van der Waals surface area contributed by atoms with E-state index in [-0.39, 0.29) is 0 Å². The van der Waals surface area contributed by atoms with E-state index in [0.717, 1.165) is 0 Å². The Hall–Kier alpha value is -2.62. The number of pyridine rings is 2. The predicted molar refractivity (Wildman–Crippen MR) is 100 cm³/mol. The Morgan fingerprint density at radius 2 is 1.21 bits per heavy atom. The van der Waals surface area contributed by atoms with Crippen LogP contribution >= 0.6 is 0 Å². The lowest BCUT2D eigenvalue weighted by Gasteiger charge is -1.96. The first-order valence-corrected chi connectivity index (χ1v) is 8.14. The summed E-state index contributed by atoms with van der Waals surface area (Å²) >= 11 is 0. The molecular weight excluding hydrogens is 296 g/mol. The van der Waals surface area contributed by atoms with Crippen LogP contribution in [0.25, 0.3) is 21.8 Å². The third-order valence-corrected chi connectivity index (χ3v) is 5.22. The molecule has 0 fully saturated rings. The van der Waals surface area contributed by atoms with Gasteiger partial charge in [-0.3, -0.25) is 9.97 Å². The Morgan fingerprint density at radius 1 is 0.667 bits per heavy atom. The smallest absolute Gasteiger partial charge is 0.0669 e. The van der Waals surface area contributed by atoms with Crippen molar-refractivity contribution in [1.29, 1.82) is 0 Å². The van der Waals surface area contributed by atoms with Crippen LogP contribution in [0.15, 0.2) is 36.9 Å². The summed E-state index contributed by atoms with van der Waals surface area (Å²) in [4.78, 5) is 8.22. The second kappa shape index (κ2) is 6.11. The molecule has 0 aliphatic heterocycles. The van der Waals surface area contributed by atoms with Gasteiger partial charge in [0.15, 0.2) is 0 Å². The Bertz CT molecular complexity index is 859. The lowest BCUT2D eigenvalue weighted by molar-refractivity contribution is 0.908. The molecule has 0 bridgehead atoms. The van der Waals surface area contributed by atoms with Crippen LogP contribution < -0.4 is 0 Å². The number of aromatic nitrogens is 4. The number of rotatable bonds is 0. The Morgan fingerprint density at radius 3 is 1.83 bits per heavy atom. The van der Waals surface area contributed by atoms with E-state index in [4.69, 9.17) is 0 Å². The molecule has 4 aromatic rings. The van der Waals surface area contributed by atoms with Crippen LogP contribution in [-0.2, 0) is 14.1 Å². The van der Waals surface area contributed by atoms with Crippen molar-refractivity contribution in [2.75, 3.05) is 0 Å². The fraction of sp³-hybridized carbons (Fsp3) is 0.300. The lowest BCUT2D eigenvalue weighted by Crippen LogP contribution is -1.90. The number of aryl methyl sites for hydroxylation is 4. The highest BCUT2D eigenvalue weighted by atomic mass is 15.0. The highest BCUT2D eigenvalue weighted by Crippen LogP contribution is 2.23. The minimum absolute atomic E-state index is 1.22. The summed E-state index contributed by atoms with van der Waals surface area (Å²) in [6, 6.07) is 4.12. The summed E-state index contributed by atoms with van der Waals surface area (Å²) in [7, 11) is 4.16. The van der Waals surface area contributed by atoms with E-state index >= 15 is 0 Å². The van der Waals surface area contributed by atoms with Gasteiger partial charge in [0.25, 0.3) is 0 Å². The fourth-order valence-electron chi connectivity index (χ4n) is 3.19. The molecule has 0 unspecified atom stereocenters. The van der Waals surface area contributed by atoms with Crippen LogP contribution in [0, 0.1) is 27.7 Å². The second-order valence-corrected chi connectivity index (χ2v) is 6.32. The summed E-state index contributed by atoms with van der Waals surface area (Å²) in [6.45, 7) is 8.56. The van der Waals surface area contributed by atoms with Crippen molar-refractivity contribution in [3.05, 3.63) is 59.4 Å². The van der Waals surface area contributed by atoms with Crippen molar-refractivity contribution >= 4 is 21.8 Å². The molecular formula is C20H24N4. The van der Waals surface area contributed by atoms with Gasteiger partial charge in [0, 0.05) is 54.8 Å². The van der Waals surface area contributed by atoms with Crippen molar-refractivity contribution < 1.29 is 0 Å². The normalized spacial score (nSPS) is 10.9. The van der Waals surface area contributed by atoms with E-state index in [1.807, 2.05) is 24.8 Å². The Balaban J connectivity index is 0.000000141. The molecule has 0 radical (unpaired) electrons. The van der Waals surface area contributed by atoms with Gasteiger partial charge in [-0.15, -0.1) is 0 Å². The van der Waals surface area contributed by atoms with Crippen molar-refractivity contribution in [3.8, 4) is 0 Å². The van der Waals surface area contributed by atoms with Crippen LogP contribution in [-0.4, -0.2) is 19.1 Å². The first kappa shape index (κ1) is 16.2. The first-order chi connectivity index (χ1) is 11.4. The quantitative estimate of drug-likeness (QED) is 0.482. The molecule has 0 saturated carbocycles. The average Bonchev–Trinajstić information content (AvgIpc) is 2.98. The van der Waals surface area contributed by atoms with Crippen molar-refractivity contribution in [2.45, 2.75) is 27.7 Å². The molecule has 0 atom stereocenters. The van der Waals surface area contributed by atoms with E-state index in [1.165, 1.54) is 44.3 Å². The van der Waals surface area contributed by atoms with E-state index in [9.17, 15) is 0 Å². The zero-order valence-electron chi connectivity index (χ0n) is 15.3. The molecule has 0 aliphatic rings. The molecule has 0 amide bonds. The highest BCUT2D eigenvalue weighted by molar-refractivity contribution is 5.84. The molecule has 4 heteroatoms. The number of fused-ring (bicyclic) bond motifs is 2. The Labute approximate surface area is 142 Å². The van der Waals surface area contributed by atoms with Gasteiger partial charge in [0.05, 0.1) is 17.2 Å². The van der Waals surface area contributed by atoms with Gasteiger partial charge in [0.2, 0.25) is 0 Å². The third kappa shape index (κ3) is 2.48. The van der Waals surface area contributed by atoms with E-state index in [1.54, 1.807) is 0 Å². The largest absolute Gasteiger partial charge is 0.348 e. The number of hydrogen-bond acceptors (Lipinski definition) is 2. The van der Waals surface area contributed by atoms with Crippen LogP contribution in [0.4, 0.5) is 0 Å². The summed E-state index contributed by atoms with van der Waals surface area (Å²) in [6.07, 6.45) is 7.52. The van der Waals surface area contributed by atoms with Gasteiger partial charge >= 0.3 is 0 Å². The third-order valence-electron chi connectivity index (χ3n) is 5.22. The predicted octanol–water partition coefficient (Wildman–Crippen LogP) is 4.38. The maximum atomic E-state index is 4.11. The van der Waals surface area contributed by atoms with Gasteiger partial charge < -0.3 is 9.13 Å². The second-order valence-electron chi connectivity index (χ2n) is 6.32. The Kier molecular flexibility index (Phi) is 4.14. The molecule has 0 aliphatic carbocycles. The van der Waals surface area contributed by atoms with Crippen molar-refractivity contribution in [2.24, 2.45) is 14.1 Å². The van der Waals surface area contributed by atoms with Gasteiger partial charge in [0.1, 0.15) is 0 Å². The minimum Gasteiger partial charge on any atom is -0.348 e. The van der Waals surface area contributed by atoms with Gasteiger partial charge in [-0.05, 0) is 51.0 Å². The molecule has 4 heterocycles. The van der Waals surface area contributed by atoms with Crippen LogP contribution in [0.5, 0.6) is 0 Å². The van der Waals surface area contributed by atoms with Crippen LogP contribution in [0.1, 0.15) is 22.5 Å². The number of hydrogen-bond donors (Lipinski definition) is 0. The monoisotopic (exact) mass is 320 g/mol. The van der Waals surface area contributed by atoms with Crippen LogP contribution in [0.3, 0.4) is 0 Å². The standard InChI is InChI=1S/2C10H12N2/c1-7-8(2)12(3)10-4-5-11-6-9(7)10;1-7-8(2)12(3)10-6-11-5-4-9(7)10/h2*4-6H,1-3H3. The van der Waals surface area contributed by atoms with Crippen molar-refractivity contribution in [3.63, 3.8) is 0 Å². The van der Waals surface area contributed by atoms with Gasteiger partial charge in [-0.2, -0.15) is 0 Å². The summed E-state index contributed by atoms with van der Waals surface area (Å²) < 4.78 is 4.38. The average molecular weight is 320 g/mol. The SMILES string of the molecule is Cc1c(C)n(C)c2ccncc12.Cc1c(C)n(C)c2cnccc12. The van der Waals surface area contributed by atoms with Crippen molar-refractivity contribution in [1.82, 2.24) is 19.1 Å². The van der Waals surface area contributed by atoms with E-state index < -0.39 is 0 Å². The molecule has 0 aromatic carbocycles. The highest BCUT2D eigenvalue weighted by Gasteiger charge is 2.07. The molecule has 4 rings (SSSR count). The lowest BCUT2D eigenvalue weighted by atomic mass is 10.2. The molecule has 4 nitrogen and oxygen atoms in total. The summed E-state index contributed by atoms with van der Waals surface area (Å²) in [5.41, 5.74) is 7.80. The topological polar surface area (TPSA) is 35.6 Å². The molecule has 0 saturated heterocycles. The summed E-state index contributed by atoms with van der Waals surface area (Å²) in [5, 5.41) is 2.57. The molecule has 0 N–H and O–H groups in total. The molecule has 0 spiro atoms. The number of nitrogens with zero attached hydrogens (tertiary/aromatic N) is 4. The zero-order chi connectivity index (χ0) is 17.4. The van der Waals surface area contributed by atoms with Gasteiger partial charge in [-0.1, -0.05) is 0 Å². The molecule has 24 heavy (non-hydrogen) atoms. The maximum Gasteiger partial charge on any atom is 0.0669 e. The van der Waals surface area contributed by atoms with Crippen LogP contribution in [0.2, 0.25) is 0 Å². The van der Waals surface area contributed by atoms with E-state index in [0.29, 0.717) is 0 Å². The zero-order valence-corrected chi connectivity index (χ0v) is 15.3. The van der Waals surface area contributed by atoms with E-state index in [2.05, 4.69) is 73.0 Å². The molecule has 4 aromatic heterocycles. The molecule has 124 valence electrons. The summed E-state index contributed by atoms with van der Waals surface area (Å²) in [5.74, 6) is 0. The minimum atomic E-state index is 1.22. The van der Waals surface area contributed by atoms with Gasteiger partial charge in [-0.25, -0.2) is 0 Å². The fourth-order valence-corrected chi connectivity index (χ4v) is 3.19.